The Kier molecular flexibility index (Phi) is 1.21. The Balaban J connectivity index is 2.44. The fourth-order valence-electron chi connectivity index (χ4n) is 1.04. The molecule has 2 heterocycles. The standard InChI is InChI=1S/C5H4N4O4/c10-2-5(13)1(6-3(11)8-2)7-4(12)9-5/h13H,(H3,6,7,8,9,10,11,12). The van der Waals surface area contributed by atoms with E-state index in [9.17, 15) is 19.5 Å². The number of rotatable bonds is 0. The van der Waals surface area contributed by atoms with E-state index in [-0.39, 0.29) is 0 Å². The van der Waals surface area contributed by atoms with E-state index in [0.29, 0.717) is 0 Å². The molecule has 5 amide bonds. The Morgan fingerprint density at radius 3 is 2.62 bits per heavy atom. The van der Waals surface area contributed by atoms with Crippen LogP contribution in [-0.4, -0.2) is 34.6 Å². The van der Waals surface area contributed by atoms with Crippen molar-refractivity contribution in [1.82, 2.24) is 16.0 Å². The highest BCUT2D eigenvalue weighted by molar-refractivity contribution is 6.27. The van der Waals surface area contributed by atoms with Crippen LogP contribution in [0.5, 0.6) is 0 Å². The highest BCUT2D eigenvalue weighted by Gasteiger charge is 2.52. The first-order valence-corrected chi connectivity index (χ1v) is 3.28. The predicted molar refractivity (Wildman–Crippen MR) is 37.6 cm³/mol. The number of fused-ring (bicyclic) bond motifs is 1. The van der Waals surface area contributed by atoms with Gasteiger partial charge < -0.3 is 5.11 Å². The van der Waals surface area contributed by atoms with Crippen LogP contribution >= 0.6 is 0 Å². The molecule has 2 aliphatic heterocycles. The van der Waals surface area contributed by atoms with Gasteiger partial charge >= 0.3 is 12.1 Å². The first kappa shape index (κ1) is 7.68. The van der Waals surface area contributed by atoms with Gasteiger partial charge in [0.05, 0.1) is 0 Å². The Labute approximate surface area is 71.0 Å². The third-order valence-corrected chi connectivity index (χ3v) is 1.63. The lowest BCUT2D eigenvalue weighted by Gasteiger charge is -2.26. The molecule has 4 N–H and O–H groups in total. The van der Waals surface area contributed by atoms with Gasteiger partial charge in [0.1, 0.15) is 0 Å². The van der Waals surface area contributed by atoms with E-state index in [0.717, 1.165) is 0 Å². The molecule has 2 rings (SSSR count). The summed E-state index contributed by atoms with van der Waals surface area (Å²) in [5.74, 6) is -1.42. The minimum atomic E-state index is -2.23. The number of aliphatic imine (C=N–C) groups is 1. The molecule has 2 aliphatic rings. The molecule has 8 nitrogen and oxygen atoms in total. The summed E-state index contributed by atoms with van der Waals surface area (Å²) in [5.41, 5.74) is -2.23. The van der Waals surface area contributed by atoms with Crippen LogP contribution in [0.2, 0.25) is 0 Å². The second kappa shape index (κ2) is 2.04. The van der Waals surface area contributed by atoms with E-state index in [1.807, 2.05) is 10.6 Å². The molecule has 1 saturated heterocycles. The van der Waals surface area contributed by atoms with E-state index in [2.05, 4.69) is 4.99 Å². The maximum Gasteiger partial charge on any atom is 0.345 e. The van der Waals surface area contributed by atoms with Crippen LogP contribution in [0.15, 0.2) is 4.99 Å². The lowest BCUT2D eigenvalue weighted by molar-refractivity contribution is -0.134. The number of hydrogen-bond acceptors (Lipinski definition) is 4. The van der Waals surface area contributed by atoms with Crippen LogP contribution in [-0.2, 0) is 4.79 Å². The monoisotopic (exact) mass is 184 g/mol. The van der Waals surface area contributed by atoms with E-state index in [4.69, 9.17) is 0 Å². The van der Waals surface area contributed by atoms with Crippen LogP contribution in [0.1, 0.15) is 0 Å². The van der Waals surface area contributed by atoms with Crippen LogP contribution in [0.3, 0.4) is 0 Å². The zero-order valence-electron chi connectivity index (χ0n) is 6.12. The molecule has 0 aromatic carbocycles. The van der Waals surface area contributed by atoms with Gasteiger partial charge in [-0.3, -0.25) is 20.7 Å². The molecular weight excluding hydrogens is 180 g/mol. The van der Waals surface area contributed by atoms with E-state index in [1.54, 1.807) is 5.32 Å². The molecule has 0 spiro atoms. The molecule has 68 valence electrons. The number of carbonyl (C=O) groups is 3. The summed E-state index contributed by atoms with van der Waals surface area (Å²) < 4.78 is 0. The molecule has 0 radical (unpaired) electrons. The van der Waals surface area contributed by atoms with Crippen molar-refractivity contribution >= 4 is 23.8 Å². The Bertz CT molecular complexity index is 362. The lowest BCUT2D eigenvalue weighted by Crippen LogP contribution is -2.70. The van der Waals surface area contributed by atoms with Gasteiger partial charge in [0.15, 0.2) is 5.84 Å². The van der Waals surface area contributed by atoms with Crippen molar-refractivity contribution in [3.8, 4) is 0 Å². The van der Waals surface area contributed by atoms with Gasteiger partial charge in [0, 0.05) is 0 Å². The molecule has 0 aliphatic carbocycles. The number of urea groups is 2. The van der Waals surface area contributed by atoms with Crippen LogP contribution in [0.25, 0.3) is 0 Å². The molecule has 13 heavy (non-hydrogen) atoms. The normalized spacial score (nSPS) is 31.5. The average molecular weight is 184 g/mol. The summed E-state index contributed by atoms with van der Waals surface area (Å²) in [5, 5.41) is 15.2. The topological polar surface area (TPSA) is 120 Å². The van der Waals surface area contributed by atoms with Crippen LogP contribution in [0, 0.1) is 0 Å². The number of aliphatic hydroxyl groups is 1. The summed E-state index contributed by atoms with van der Waals surface area (Å²) in [6.07, 6.45) is 0. The number of nitrogens with zero attached hydrogens (tertiary/aromatic N) is 1. The van der Waals surface area contributed by atoms with Crippen LogP contribution < -0.4 is 16.0 Å². The number of carbonyl (C=O) groups excluding carboxylic acids is 3. The first-order chi connectivity index (χ1) is 6.02. The number of imide groups is 1. The summed E-state index contributed by atoms with van der Waals surface area (Å²) in [7, 11) is 0. The molecular formula is C5H4N4O4. The van der Waals surface area contributed by atoms with Crippen molar-refractivity contribution < 1.29 is 19.5 Å². The highest BCUT2D eigenvalue weighted by atomic mass is 16.3. The summed E-state index contributed by atoms with van der Waals surface area (Å²) >= 11 is 0. The van der Waals surface area contributed by atoms with E-state index >= 15 is 0 Å². The van der Waals surface area contributed by atoms with Crippen molar-refractivity contribution in [3.63, 3.8) is 0 Å². The van der Waals surface area contributed by atoms with Crippen molar-refractivity contribution in [3.05, 3.63) is 0 Å². The molecule has 0 aromatic heterocycles. The zero-order valence-corrected chi connectivity index (χ0v) is 6.12. The third kappa shape index (κ3) is 0.888. The molecule has 0 bridgehead atoms. The van der Waals surface area contributed by atoms with E-state index in [1.165, 1.54) is 0 Å². The number of amides is 5. The fourth-order valence-corrected chi connectivity index (χ4v) is 1.04. The first-order valence-electron chi connectivity index (χ1n) is 3.28. The SMILES string of the molecule is O=C1N=C2NC(=O)NC(=O)C2(O)N1. The quantitative estimate of drug-likeness (QED) is 0.336. The second-order valence-corrected chi connectivity index (χ2v) is 2.51. The number of nitrogens with one attached hydrogen (secondary N) is 3. The fraction of sp³-hybridized carbons (Fsp3) is 0.200. The van der Waals surface area contributed by atoms with Crippen molar-refractivity contribution in [1.29, 1.82) is 0 Å². The Morgan fingerprint density at radius 2 is 1.92 bits per heavy atom. The van der Waals surface area contributed by atoms with Gasteiger partial charge in [-0.05, 0) is 0 Å². The summed E-state index contributed by atoms with van der Waals surface area (Å²) in [6.45, 7) is 0. The van der Waals surface area contributed by atoms with Gasteiger partial charge in [-0.25, -0.2) is 9.59 Å². The molecule has 8 heteroatoms. The Hall–Kier alpha value is -1.96. The Morgan fingerprint density at radius 1 is 1.23 bits per heavy atom. The largest absolute Gasteiger partial charge is 0.357 e. The lowest BCUT2D eigenvalue weighted by atomic mass is 10.1. The van der Waals surface area contributed by atoms with E-state index < -0.39 is 29.5 Å². The maximum atomic E-state index is 11.0. The average Bonchev–Trinajstić information content (AvgIpc) is 2.26. The van der Waals surface area contributed by atoms with Gasteiger partial charge in [-0.2, -0.15) is 4.99 Å². The van der Waals surface area contributed by atoms with Gasteiger partial charge in [-0.1, -0.05) is 0 Å². The van der Waals surface area contributed by atoms with Gasteiger partial charge in [0.25, 0.3) is 11.6 Å². The minimum Gasteiger partial charge on any atom is -0.357 e. The predicted octanol–water partition coefficient (Wildman–Crippen LogP) is -2.36. The molecule has 0 aromatic rings. The number of hydrogen-bond donors (Lipinski definition) is 4. The molecule has 1 fully saturated rings. The number of amidine groups is 1. The highest BCUT2D eigenvalue weighted by Crippen LogP contribution is 2.12. The molecule has 0 saturated carbocycles. The smallest absolute Gasteiger partial charge is 0.345 e. The van der Waals surface area contributed by atoms with Crippen molar-refractivity contribution in [2.75, 3.05) is 0 Å². The molecule has 1 atom stereocenters. The molecule has 1 unspecified atom stereocenters. The third-order valence-electron chi connectivity index (χ3n) is 1.63. The van der Waals surface area contributed by atoms with Crippen LogP contribution in [0.4, 0.5) is 9.59 Å². The summed E-state index contributed by atoms with van der Waals surface area (Å²) in [6, 6.07) is -1.71. The van der Waals surface area contributed by atoms with Gasteiger partial charge in [-0.15, -0.1) is 0 Å². The van der Waals surface area contributed by atoms with Crippen molar-refractivity contribution in [2.45, 2.75) is 5.72 Å². The van der Waals surface area contributed by atoms with Gasteiger partial charge in [0.2, 0.25) is 0 Å². The zero-order chi connectivity index (χ0) is 9.64. The maximum absolute atomic E-state index is 11.0. The second-order valence-electron chi connectivity index (χ2n) is 2.51. The minimum absolute atomic E-state index is 0.397. The van der Waals surface area contributed by atoms with Crippen molar-refractivity contribution in [2.24, 2.45) is 4.99 Å². The summed E-state index contributed by atoms with van der Waals surface area (Å²) in [4.78, 5) is 35.6.